The predicted molar refractivity (Wildman–Crippen MR) is 102 cm³/mol. The summed E-state index contributed by atoms with van der Waals surface area (Å²) in [6.45, 7) is 8.48. The van der Waals surface area contributed by atoms with Gasteiger partial charge in [0, 0.05) is 60.9 Å². The molecular weight excluding hydrogens is 330 g/mol. The maximum atomic E-state index is 6.15. The Balaban J connectivity index is 1.40. The zero-order valence-electron chi connectivity index (χ0n) is 14.9. The van der Waals surface area contributed by atoms with Gasteiger partial charge in [-0.15, -0.1) is 11.3 Å². The SMILES string of the molecule is Cc1ccc(CN2CC[C@@H]3OCCN(Cc4ccncc4)[C@H]3CC2)s1. The molecule has 2 fully saturated rings. The number of fused-ring (bicyclic) bond motifs is 1. The lowest BCUT2D eigenvalue weighted by Crippen LogP contribution is -2.50. The van der Waals surface area contributed by atoms with E-state index in [4.69, 9.17) is 4.74 Å². The van der Waals surface area contributed by atoms with Gasteiger partial charge in [-0.1, -0.05) is 0 Å². The third-order valence-electron chi connectivity index (χ3n) is 5.39. The second kappa shape index (κ2) is 7.96. The minimum Gasteiger partial charge on any atom is -0.375 e. The number of morpholine rings is 1. The molecular formula is C20H27N3OS. The molecule has 2 aromatic heterocycles. The van der Waals surface area contributed by atoms with E-state index < -0.39 is 0 Å². The summed E-state index contributed by atoms with van der Waals surface area (Å²) in [5.74, 6) is 0. The number of rotatable bonds is 4. The van der Waals surface area contributed by atoms with E-state index in [9.17, 15) is 0 Å². The van der Waals surface area contributed by atoms with Crippen molar-refractivity contribution in [1.82, 2.24) is 14.8 Å². The zero-order valence-corrected chi connectivity index (χ0v) is 15.8. The Morgan fingerprint density at radius 1 is 1.08 bits per heavy atom. The maximum absolute atomic E-state index is 6.15. The number of likely N-dealkylation sites (tertiary alicyclic amines) is 1. The first-order chi connectivity index (χ1) is 12.3. The molecule has 0 aliphatic carbocycles. The summed E-state index contributed by atoms with van der Waals surface area (Å²) < 4.78 is 6.15. The van der Waals surface area contributed by atoms with Crippen LogP contribution in [-0.2, 0) is 17.8 Å². The summed E-state index contributed by atoms with van der Waals surface area (Å²) in [7, 11) is 0. The van der Waals surface area contributed by atoms with Crippen molar-refractivity contribution in [3.63, 3.8) is 0 Å². The van der Waals surface area contributed by atoms with E-state index in [0.29, 0.717) is 12.1 Å². The van der Waals surface area contributed by atoms with Crippen LogP contribution >= 0.6 is 11.3 Å². The first-order valence-electron chi connectivity index (χ1n) is 9.30. The Morgan fingerprint density at radius 2 is 1.92 bits per heavy atom. The molecule has 0 spiro atoms. The number of thiophene rings is 1. The van der Waals surface area contributed by atoms with Crippen LogP contribution in [0.4, 0.5) is 0 Å². The number of ether oxygens (including phenoxy) is 1. The topological polar surface area (TPSA) is 28.6 Å². The minimum absolute atomic E-state index is 0.380. The lowest BCUT2D eigenvalue weighted by molar-refractivity contribution is -0.0747. The summed E-state index contributed by atoms with van der Waals surface area (Å²) in [6, 6.07) is 9.32. The van der Waals surface area contributed by atoms with Gasteiger partial charge in [-0.05, 0) is 49.6 Å². The highest BCUT2D eigenvalue weighted by atomic mass is 32.1. The molecule has 2 saturated heterocycles. The van der Waals surface area contributed by atoms with Crippen molar-refractivity contribution >= 4 is 11.3 Å². The molecule has 2 atom stereocenters. The Labute approximate surface area is 154 Å². The number of hydrogen-bond donors (Lipinski definition) is 0. The second-order valence-electron chi connectivity index (χ2n) is 7.17. The van der Waals surface area contributed by atoms with Gasteiger partial charge >= 0.3 is 0 Å². The number of aromatic nitrogens is 1. The van der Waals surface area contributed by atoms with E-state index in [1.165, 1.54) is 21.7 Å². The van der Waals surface area contributed by atoms with Crippen molar-refractivity contribution in [2.24, 2.45) is 0 Å². The molecule has 0 N–H and O–H groups in total. The lowest BCUT2D eigenvalue weighted by atomic mass is 10.0. The molecule has 5 heteroatoms. The molecule has 2 aromatic rings. The lowest BCUT2D eigenvalue weighted by Gasteiger charge is -2.40. The van der Waals surface area contributed by atoms with Crippen LogP contribution < -0.4 is 0 Å². The Morgan fingerprint density at radius 3 is 2.72 bits per heavy atom. The normalized spacial score (nSPS) is 25.5. The van der Waals surface area contributed by atoms with E-state index in [1.807, 2.05) is 23.7 Å². The van der Waals surface area contributed by atoms with E-state index in [-0.39, 0.29) is 0 Å². The predicted octanol–water partition coefficient (Wildman–Crippen LogP) is 3.32. The fourth-order valence-electron chi connectivity index (χ4n) is 4.08. The van der Waals surface area contributed by atoms with Crippen molar-refractivity contribution in [1.29, 1.82) is 0 Å². The Bertz CT molecular complexity index is 675. The maximum Gasteiger partial charge on any atom is 0.0743 e. The molecule has 4 heterocycles. The Kier molecular flexibility index (Phi) is 5.46. The number of pyridine rings is 1. The molecule has 0 radical (unpaired) electrons. The van der Waals surface area contributed by atoms with Crippen molar-refractivity contribution < 1.29 is 4.74 Å². The van der Waals surface area contributed by atoms with Gasteiger partial charge in [-0.2, -0.15) is 0 Å². The Hall–Kier alpha value is -1.27. The molecule has 134 valence electrons. The van der Waals surface area contributed by atoms with E-state index in [0.717, 1.165) is 45.8 Å². The molecule has 4 rings (SSSR count). The summed E-state index contributed by atoms with van der Waals surface area (Å²) >= 11 is 1.93. The van der Waals surface area contributed by atoms with E-state index in [1.54, 1.807) is 0 Å². The second-order valence-corrected chi connectivity index (χ2v) is 8.54. The van der Waals surface area contributed by atoms with Gasteiger partial charge in [-0.25, -0.2) is 0 Å². The molecule has 0 aromatic carbocycles. The van der Waals surface area contributed by atoms with Crippen LogP contribution in [-0.4, -0.2) is 53.2 Å². The largest absolute Gasteiger partial charge is 0.375 e. The van der Waals surface area contributed by atoms with Gasteiger partial charge in [0.25, 0.3) is 0 Å². The highest BCUT2D eigenvalue weighted by Crippen LogP contribution is 2.26. The summed E-state index contributed by atoms with van der Waals surface area (Å²) in [5.41, 5.74) is 1.35. The van der Waals surface area contributed by atoms with E-state index in [2.05, 4.69) is 46.0 Å². The van der Waals surface area contributed by atoms with Crippen molar-refractivity contribution in [3.8, 4) is 0 Å². The third kappa shape index (κ3) is 4.29. The van der Waals surface area contributed by atoms with Crippen LogP contribution in [0, 0.1) is 6.92 Å². The first kappa shape index (κ1) is 17.2. The molecule has 0 bridgehead atoms. The van der Waals surface area contributed by atoms with Gasteiger partial charge in [0.15, 0.2) is 0 Å². The average Bonchev–Trinajstić information content (AvgIpc) is 2.92. The van der Waals surface area contributed by atoms with Crippen molar-refractivity contribution in [2.45, 2.75) is 45.0 Å². The van der Waals surface area contributed by atoms with Gasteiger partial charge in [0.05, 0.1) is 12.7 Å². The van der Waals surface area contributed by atoms with Gasteiger partial charge in [-0.3, -0.25) is 14.8 Å². The highest BCUT2D eigenvalue weighted by molar-refractivity contribution is 7.11. The first-order valence-corrected chi connectivity index (χ1v) is 10.1. The standard InChI is InChI=1S/C20H27N3OS/c1-16-2-3-18(25-16)15-22-10-6-19-20(7-11-22)24-13-12-23(19)14-17-4-8-21-9-5-17/h2-5,8-9,19-20H,6-7,10-15H2,1H3/t19-,20-/m0/s1. The van der Waals surface area contributed by atoms with Crippen LogP contribution in [0.5, 0.6) is 0 Å². The van der Waals surface area contributed by atoms with Crippen LogP contribution in [0.25, 0.3) is 0 Å². The van der Waals surface area contributed by atoms with Crippen LogP contribution in [0.3, 0.4) is 0 Å². The zero-order chi connectivity index (χ0) is 17.1. The smallest absolute Gasteiger partial charge is 0.0743 e. The van der Waals surface area contributed by atoms with E-state index >= 15 is 0 Å². The van der Waals surface area contributed by atoms with Gasteiger partial charge in [0.2, 0.25) is 0 Å². The number of nitrogens with zero attached hydrogens (tertiary/aromatic N) is 3. The fraction of sp³-hybridized carbons (Fsp3) is 0.550. The third-order valence-corrected chi connectivity index (χ3v) is 6.38. The fourth-order valence-corrected chi connectivity index (χ4v) is 5.01. The summed E-state index contributed by atoms with van der Waals surface area (Å²) in [6.07, 6.45) is 6.50. The quantitative estimate of drug-likeness (QED) is 0.839. The number of hydrogen-bond acceptors (Lipinski definition) is 5. The van der Waals surface area contributed by atoms with Crippen molar-refractivity contribution in [3.05, 3.63) is 52.0 Å². The molecule has 0 saturated carbocycles. The van der Waals surface area contributed by atoms with Crippen LogP contribution in [0.2, 0.25) is 0 Å². The van der Waals surface area contributed by atoms with Gasteiger partial charge < -0.3 is 4.74 Å². The van der Waals surface area contributed by atoms with Crippen LogP contribution in [0.15, 0.2) is 36.7 Å². The molecule has 25 heavy (non-hydrogen) atoms. The van der Waals surface area contributed by atoms with Crippen molar-refractivity contribution in [2.75, 3.05) is 26.2 Å². The molecule has 2 aliphatic heterocycles. The summed E-state index contributed by atoms with van der Waals surface area (Å²) in [4.78, 5) is 12.3. The monoisotopic (exact) mass is 357 g/mol. The number of aryl methyl sites for hydroxylation is 1. The molecule has 2 aliphatic rings. The molecule has 4 nitrogen and oxygen atoms in total. The van der Waals surface area contributed by atoms with Gasteiger partial charge in [0.1, 0.15) is 0 Å². The highest BCUT2D eigenvalue weighted by Gasteiger charge is 2.34. The van der Waals surface area contributed by atoms with Crippen LogP contribution in [0.1, 0.15) is 28.2 Å². The molecule has 0 unspecified atom stereocenters. The molecule has 0 amide bonds. The summed E-state index contributed by atoms with van der Waals surface area (Å²) in [5, 5.41) is 0. The average molecular weight is 358 g/mol. The minimum atomic E-state index is 0.380.